The molecule has 0 saturated heterocycles. The molecule has 1 aromatic carbocycles. The second kappa shape index (κ2) is 9.79. The van der Waals surface area contributed by atoms with Crippen molar-refractivity contribution < 1.29 is 23.5 Å². The number of oxazole rings is 1. The van der Waals surface area contributed by atoms with Crippen LogP contribution in [0.3, 0.4) is 0 Å². The molecule has 2 aromatic heterocycles. The normalized spacial score (nSPS) is 10.8. The van der Waals surface area contributed by atoms with Crippen LogP contribution in [0, 0.1) is 6.92 Å². The summed E-state index contributed by atoms with van der Waals surface area (Å²) < 4.78 is 15.4. The van der Waals surface area contributed by atoms with E-state index in [1.54, 1.807) is 49.5 Å². The molecule has 30 heavy (non-hydrogen) atoms. The number of carbonyl (C=O) groups excluding carboxylic acids is 2. The molecule has 0 aliphatic carbocycles. The predicted molar refractivity (Wildman–Crippen MR) is 105 cm³/mol. The fourth-order valence-corrected chi connectivity index (χ4v) is 2.93. The number of methoxy groups -OCH3 is 2. The zero-order valence-electron chi connectivity index (χ0n) is 17.1. The van der Waals surface area contributed by atoms with Crippen molar-refractivity contribution in [1.29, 1.82) is 0 Å². The van der Waals surface area contributed by atoms with Crippen LogP contribution in [0.15, 0.2) is 41.1 Å². The Bertz CT molecular complexity index is 999. The van der Waals surface area contributed by atoms with Crippen LogP contribution in [-0.2, 0) is 15.9 Å². The van der Waals surface area contributed by atoms with Gasteiger partial charge >= 0.3 is 5.97 Å². The third-order valence-electron chi connectivity index (χ3n) is 4.44. The fraction of sp³-hybridized carbons (Fsp3) is 0.350. The van der Waals surface area contributed by atoms with E-state index in [1.165, 1.54) is 11.9 Å². The van der Waals surface area contributed by atoms with Gasteiger partial charge in [-0.1, -0.05) is 12.1 Å². The molecule has 10 heteroatoms. The molecule has 158 valence electrons. The Morgan fingerprint density at radius 2 is 1.87 bits per heavy atom. The summed E-state index contributed by atoms with van der Waals surface area (Å²) in [6.45, 7) is 2.71. The zero-order valence-corrected chi connectivity index (χ0v) is 17.1. The molecule has 3 aromatic rings. The summed E-state index contributed by atoms with van der Waals surface area (Å²) >= 11 is 0. The SMILES string of the molecule is COCCN(CCc1nc(C(=O)OC)c(C)o1)C(=O)c1ccccc1-n1nccn1. The average molecular weight is 413 g/mol. The van der Waals surface area contributed by atoms with Crippen LogP contribution in [0.25, 0.3) is 5.69 Å². The molecule has 2 heterocycles. The first kappa shape index (κ1) is 21.2. The number of aryl methyl sites for hydroxylation is 1. The fourth-order valence-electron chi connectivity index (χ4n) is 2.93. The first-order valence-electron chi connectivity index (χ1n) is 9.33. The lowest BCUT2D eigenvalue weighted by Crippen LogP contribution is -2.36. The van der Waals surface area contributed by atoms with Crippen molar-refractivity contribution in [3.8, 4) is 5.69 Å². The molecule has 0 N–H and O–H groups in total. The van der Waals surface area contributed by atoms with Crippen LogP contribution < -0.4 is 0 Å². The molecule has 0 radical (unpaired) electrons. The van der Waals surface area contributed by atoms with Crippen LogP contribution in [-0.4, -0.2) is 70.7 Å². The Hall–Kier alpha value is -3.53. The summed E-state index contributed by atoms with van der Waals surface area (Å²) in [5, 5.41) is 8.25. The van der Waals surface area contributed by atoms with Crippen molar-refractivity contribution in [2.24, 2.45) is 0 Å². The molecular formula is C20H23N5O5. The lowest BCUT2D eigenvalue weighted by atomic mass is 10.1. The molecule has 0 spiro atoms. The summed E-state index contributed by atoms with van der Waals surface area (Å²) in [7, 11) is 2.86. The second-order valence-corrected chi connectivity index (χ2v) is 6.37. The molecule has 0 bridgehead atoms. The number of aromatic nitrogens is 4. The smallest absolute Gasteiger partial charge is 0.360 e. The van der Waals surface area contributed by atoms with Gasteiger partial charge in [0.1, 0.15) is 5.76 Å². The van der Waals surface area contributed by atoms with Gasteiger partial charge in [0.05, 0.1) is 37.4 Å². The van der Waals surface area contributed by atoms with Crippen LogP contribution in [0.1, 0.15) is 32.5 Å². The number of rotatable bonds is 9. The van der Waals surface area contributed by atoms with E-state index in [0.29, 0.717) is 49.0 Å². The Labute approximate surface area is 173 Å². The number of carbonyl (C=O) groups is 2. The minimum absolute atomic E-state index is 0.136. The van der Waals surface area contributed by atoms with E-state index in [-0.39, 0.29) is 11.6 Å². The second-order valence-electron chi connectivity index (χ2n) is 6.37. The Morgan fingerprint density at radius 3 is 2.57 bits per heavy atom. The summed E-state index contributed by atoms with van der Waals surface area (Å²) in [5.74, 6) is -0.0289. The summed E-state index contributed by atoms with van der Waals surface area (Å²) in [5.41, 5.74) is 1.18. The molecule has 1 amide bonds. The van der Waals surface area contributed by atoms with E-state index in [1.807, 2.05) is 6.07 Å². The van der Waals surface area contributed by atoms with Crippen LogP contribution in [0.4, 0.5) is 0 Å². The largest absolute Gasteiger partial charge is 0.464 e. The number of para-hydroxylation sites is 1. The van der Waals surface area contributed by atoms with Gasteiger partial charge in [-0.15, -0.1) is 0 Å². The number of hydrogen-bond donors (Lipinski definition) is 0. The van der Waals surface area contributed by atoms with E-state index >= 15 is 0 Å². The van der Waals surface area contributed by atoms with Crippen molar-refractivity contribution in [3.05, 3.63) is 59.6 Å². The minimum atomic E-state index is -0.560. The summed E-state index contributed by atoms with van der Waals surface area (Å²) in [6, 6.07) is 7.11. The summed E-state index contributed by atoms with van der Waals surface area (Å²) in [4.78, 5) is 32.3. The standard InChI is InChI=1S/C20H23N5O5/c1-14-18(20(27)29-3)23-17(30-14)8-11-24(12-13-28-2)19(26)15-6-4-5-7-16(15)25-21-9-10-22-25/h4-7,9-10H,8,11-13H2,1-3H3. The van der Waals surface area contributed by atoms with Crippen molar-refractivity contribution in [2.45, 2.75) is 13.3 Å². The van der Waals surface area contributed by atoms with E-state index in [0.717, 1.165) is 0 Å². The predicted octanol–water partition coefficient (Wildman–Crippen LogP) is 1.68. The number of benzene rings is 1. The Kier molecular flexibility index (Phi) is 6.91. The molecule has 0 atom stereocenters. The third-order valence-corrected chi connectivity index (χ3v) is 4.44. The Balaban J connectivity index is 1.80. The van der Waals surface area contributed by atoms with Crippen molar-refractivity contribution in [3.63, 3.8) is 0 Å². The van der Waals surface area contributed by atoms with Gasteiger partial charge in [-0.2, -0.15) is 15.0 Å². The highest BCUT2D eigenvalue weighted by atomic mass is 16.5. The molecule has 0 unspecified atom stereocenters. The number of nitrogens with zero attached hydrogens (tertiary/aromatic N) is 5. The van der Waals surface area contributed by atoms with Gasteiger partial charge in [-0.25, -0.2) is 9.78 Å². The van der Waals surface area contributed by atoms with Crippen LogP contribution >= 0.6 is 0 Å². The monoisotopic (exact) mass is 413 g/mol. The van der Waals surface area contributed by atoms with Gasteiger partial charge in [0.25, 0.3) is 5.91 Å². The average Bonchev–Trinajstić information content (AvgIpc) is 3.43. The molecule has 0 aliphatic rings. The van der Waals surface area contributed by atoms with Gasteiger partial charge in [-0.3, -0.25) is 4.79 Å². The summed E-state index contributed by atoms with van der Waals surface area (Å²) in [6.07, 6.45) is 3.43. The van der Waals surface area contributed by atoms with Crippen LogP contribution in [0.5, 0.6) is 0 Å². The molecule has 0 saturated carbocycles. The van der Waals surface area contributed by atoms with E-state index in [4.69, 9.17) is 13.9 Å². The first-order chi connectivity index (χ1) is 14.5. The molecule has 10 nitrogen and oxygen atoms in total. The lowest BCUT2D eigenvalue weighted by molar-refractivity contribution is 0.0592. The van der Waals surface area contributed by atoms with Gasteiger partial charge < -0.3 is 18.8 Å². The number of hydrogen-bond acceptors (Lipinski definition) is 8. The van der Waals surface area contributed by atoms with Gasteiger partial charge in [0, 0.05) is 26.6 Å². The lowest BCUT2D eigenvalue weighted by Gasteiger charge is -2.23. The first-order valence-corrected chi connectivity index (χ1v) is 9.33. The molecule has 0 fully saturated rings. The van der Waals surface area contributed by atoms with Crippen molar-refractivity contribution >= 4 is 11.9 Å². The maximum absolute atomic E-state index is 13.3. The van der Waals surface area contributed by atoms with Gasteiger partial charge in [0.2, 0.25) is 0 Å². The van der Waals surface area contributed by atoms with E-state index in [9.17, 15) is 9.59 Å². The van der Waals surface area contributed by atoms with Crippen molar-refractivity contribution in [1.82, 2.24) is 24.9 Å². The maximum atomic E-state index is 13.3. The van der Waals surface area contributed by atoms with E-state index in [2.05, 4.69) is 15.2 Å². The molecule has 0 aliphatic heterocycles. The van der Waals surface area contributed by atoms with Crippen LogP contribution in [0.2, 0.25) is 0 Å². The molecule has 3 rings (SSSR count). The topological polar surface area (TPSA) is 113 Å². The van der Waals surface area contributed by atoms with Gasteiger partial charge in [0.15, 0.2) is 11.6 Å². The number of esters is 1. The molecular weight excluding hydrogens is 390 g/mol. The van der Waals surface area contributed by atoms with Gasteiger partial charge in [-0.05, 0) is 19.1 Å². The number of ether oxygens (including phenoxy) is 2. The highest BCUT2D eigenvalue weighted by Gasteiger charge is 2.22. The number of amides is 1. The highest BCUT2D eigenvalue weighted by Crippen LogP contribution is 2.16. The minimum Gasteiger partial charge on any atom is -0.464 e. The van der Waals surface area contributed by atoms with E-state index < -0.39 is 5.97 Å². The quantitative estimate of drug-likeness (QED) is 0.487. The zero-order chi connectivity index (χ0) is 21.5. The maximum Gasteiger partial charge on any atom is 0.360 e. The van der Waals surface area contributed by atoms with Crippen molar-refractivity contribution in [2.75, 3.05) is 33.9 Å². The third kappa shape index (κ3) is 4.71. The highest BCUT2D eigenvalue weighted by molar-refractivity contribution is 5.97. The Morgan fingerprint density at radius 1 is 1.13 bits per heavy atom.